The summed E-state index contributed by atoms with van der Waals surface area (Å²) in [6.45, 7) is 0. The van der Waals surface area contributed by atoms with Gasteiger partial charge in [0.2, 0.25) is 0 Å². The molecular weight excluding hydrogens is 222 g/mol. The van der Waals surface area contributed by atoms with Crippen molar-refractivity contribution in [1.82, 2.24) is 4.98 Å². The molecule has 0 saturated carbocycles. The van der Waals surface area contributed by atoms with Crippen molar-refractivity contribution in [3.63, 3.8) is 0 Å². The van der Waals surface area contributed by atoms with E-state index in [0.29, 0.717) is 0 Å². The maximum atomic E-state index is 10.8. The highest BCUT2D eigenvalue weighted by molar-refractivity contribution is 7.19. The first kappa shape index (κ1) is 10.7. The zero-order valence-electron chi connectivity index (χ0n) is 8.69. The van der Waals surface area contributed by atoms with Crippen LogP contribution in [0.15, 0.2) is 24.3 Å². The lowest BCUT2D eigenvalue weighted by atomic mass is 10.3. The van der Waals surface area contributed by atoms with Crippen LogP contribution >= 0.6 is 11.3 Å². The van der Waals surface area contributed by atoms with Crippen LogP contribution in [0, 0.1) is 11.8 Å². The van der Waals surface area contributed by atoms with E-state index in [1.165, 1.54) is 18.4 Å². The van der Waals surface area contributed by atoms with Gasteiger partial charge in [0.15, 0.2) is 5.01 Å². The molecule has 80 valence electrons. The molecule has 0 saturated heterocycles. The summed E-state index contributed by atoms with van der Waals surface area (Å²) in [7, 11) is 1.35. The molecule has 0 spiro atoms. The van der Waals surface area contributed by atoms with Crippen LogP contribution in [-0.2, 0) is 9.53 Å². The minimum atomic E-state index is -0.325. The van der Waals surface area contributed by atoms with Gasteiger partial charge in [-0.1, -0.05) is 18.1 Å². The molecule has 0 unspecified atom stereocenters. The number of fused-ring (bicyclic) bond motifs is 1. The van der Waals surface area contributed by atoms with E-state index in [2.05, 4.69) is 21.6 Å². The molecule has 1 aromatic carbocycles. The highest BCUT2D eigenvalue weighted by Gasteiger charge is 1.99. The SMILES string of the molecule is COC(=O)CC#Cc1nc2ccccc2s1. The number of nitrogens with zero attached hydrogens (tertiary/aromatic N) is 1. The number of carbonyl (C=O) groups is 1. The second kappa shape index (κ2) is 4.77. The van der Waals surface area contributed by atoms with Gasteiger partial charge in [0.1, 0.15) is 6.42 Å². The fraction of sp³-hybridized carbons (Fsp3) is 0.167. The molecular formula is C12H9NO2S. The Hall–Kier alpha value is -1.86. The van der Waals surface area contributed by atoms with Crippen LogP contribution in [0.3, 0.4) is 0 Å². The Labute approximate surface area is 97.1 Å². The summed E-state index contributed by atoms with van der Waals surface area (Å²) in [6.07, 6.45) is 0.104. The maximum absolute atomic E-state index is 10.8. The normalized spacial score (nSPS) is 9.56. The Kier molecular flexibility index (Phi) is 3.18. The molecule has 0 aliphatic rings. The first-order chi connectivity index (χ1) is 7.79. The van der Waals surface area contributed by atoms with E-state index in [-0.39, 0.29) is 12.4 Å². The van der Waals surface area contributed by atoms with Gasteiger partial charge in [-0.15, -0.1) is 11.3 Å². The molecule has 1 heterocycles. The van der Waals surface area contributed by atoms with Crippen LogP contribution in [-0.4, -0.2) is 18.1 Å². The van der Waals surface area contributed by atoms with Crippen LogP contribution in [0.5, 0.6) is 0 Å². The lowest BCUT2D eigenvalue weighted by molar-refractivity contribution is -0.139. The Morgan fingerprint density at radius 1 is 1.50 bits per heavy atom. The number of para-hydroxylation sites is 1. The first-order valence-electron chi connectivity index (χ1n) is 4.71. The maximum Gasteiger partial charge on any atom is 0.317 e. The van der Waals surface area contributed by atoms with Gasteiger partial charge < -0.3 is 4.74 Å². The summed E-state index contributed by atoms with van der Waals surface area (Å²) in [6, 6.07) is 7.84. The Morgan fingerprint density at radius 2 is 2.31 bits per heavy atom. The van der Waals surface area contributed by atoms with Crippen LogP contribution in [0.1, 0.15) is 11.4 Å². The highest BCUT2D eigenvalue weighted by atomic mass is 32.1. The molecule has 0 atom stereocenters. The number of esters is 1. The average molecular weight is 231 g/mol. The summed E-state index contributed by atoms with van der Waals surface area (Å²) in [5.41, 5.74) is 0.940. The molecule has 1 aromatic heterocycles. The molecule has 0 aliphatic carbocycles. The van der Waals surface area contributed by atoms with Crippen LogP contribution in [0.4, 0.5) is 0 Å². The second-order valence-corrected chi connectivity index (χ2v) is 4.07. The van der Waals surface area contributed by atoms with E-state index in [1.54, 1.807) is 0 Å². The van der Waals surface area contributed by atoms with E-state index in [1.807, 2.05) is 24.3 Å². The molecule has 3 nitrogen and oxygen atoms in total. The number of ether oxygens (including phenoxy) is 1. The van der Waals surface area contributed by atoms with Crippen molar-refractivity contribution in [3.05, 3.63) is 29.3 Å². The topological polar surface area (TPSA) is 39.2 Å². The third-order valence-electron chi connectivity index (χ3n) is 1.95. The number of hydrogen-bond donors (Lipinski definition) is 0. The monoisotopic (exact) mass is 231 g/mol. The standard InChI is InChI=1S/C12H9NO2S/c1-15-12(14)8-4-7-11-13-9-5-2-3-6-10(9)16-11/h2-3,5-6H,8H2,1H3. The van der Waals surface area contributed by atoms with Gasteiger partial charge in [0.25, 0.3) is 0 Å². The predicted molar refractivity (Wildman–Crippen MR) is 63.1 cm³/mol. The molecule has 16 heavy (non-hydrogen) atoms. The number of methoxy groups -OCH3 is 1. The Bertz CT molecular complexity index is 544. The summed E-state index contributed by atoms with van der Waals surface area (Å²) >= 11 is 1.52. The third kappa shape index (κ3) is 2.38. The van der Waals surface area contributed by atoms with Gasteiger partial charge >= 0.3 is 5.97 Å². The smallest absolute Gasteiger partial charge is 0.317 e. The van der Waals surface area contributed by atoms with Gasteiger partial charge in [-0.3, -0.25) is 4.79 Å². The van der Waals surface area contributed by atoms with E-state index < -0.39 is 0 Å². The quantitative estimate of drug-likeness (QED) is 0.558. The van der Waals surface area contributed by atoms with Crippen LogP contribution in [0.25, 0.3) is 10.2 Å². The molecule has 0 fully saturated rings. The van der Waals surface area contributed by atoms with Gasteiger partial charge in [-0.05, 0) is 18.1 Å². The predicted octanol–water partition coefficient (Wildman–Crippen LogP) is 2.21. The number of thiazole rings is 1. The van der Waals surface area contributed by atoms with Crippen LogP contribution < -0.4 is 0 Å². The molecule has 2 aromatic rings. The van der Waals surface area contributed by atoms with Gasteiger partial charge in [-0.25, -0.2) is 4.98 Å². The number of rotatable bonds is 1. The highest BCUT2D eigenvalue weighted by Crippen LogP contribution is 2.20. The van der Waals surface area contributed by atoms with E-state index >= 15 is 0 Å². The molecule has 0 amide bonds. The van der Waals surface area contributed by atoms with Crippen molar-refractivity contribution in [2.75, 3.05) is 7.11 Å². The van der Waals surface area contributed by atoms with Crippen molar-refractivity contribution < 1.29 is 9.53 Å². The molecule has 2 rings (SSSR count). The molecule has 0 aliphatic heterocycles. The number of benzene rings is 1. The van der Waals surface area contributed by atoms with Gasteiger partial charge in [0.05, 0.1) is 17.3 Å². The average Bonchev–Trinajstić information content (AvgIpc) is 2.71. The number of aromatic nitrogens is 1. The number of hydrogen-bond acceptors (Lipinski definition) is 4. The zero-order chi connectivity index (χ0) is 11.4. The fourth-order valence-electron chi connectivity index (χ4n) is 1.19. The van der Waals surface area contributed by atoms with Crippen molar-refractivity contribution >= 4 is 27.5 Å². The van der Waals surface area contributed by atoms with Crippen molar-refractivity contribution in [1.29, 1.82) is 0 Å². The van der Waals surface area contributed by atoms with E-state index in [0.717, 1.165) is 15.2 Å². The largest absolute Gasteiger partial charge is 0.468 e. The lowest BCUT2D eigenvalue weighted by Crippen LogP contribution is -1.96. The lowest BCUT2D eigenvalue weighted by Gasteiger charge is -1.88. The van der Waals surface area contributed by atoms with E-state index in [4.69, 9.17) is 0 Å². The van der Waals surface area contributed by atoms with Gasteiger partial charge in [0, 0.05) is 0 Å². The van der Waals surface area contributed by atoms with Crippen molar-refractivity contribution in [2.45, 2.75) is 6.42 Å². The van der Waals surface area contributed by atoms with E-state index in [9.17, 15) is 4.79 Å². The van der Waals surface area contributed by atoms with Crippen LogP contribution in [0.2, 0.25) is 0 Å². The van der Waals surface area contributed by atoms with Crippen molar-refractivity contribution in [2.24, 2.45) is 0 Å². The Morgan fingerprint density at radius 3 is 3.06 bits per heavy atom. The summed E-state index contributed by atoms with van der Waals surface area (Å²) in [5.74, 6) is 5.27. The Balaban J connectivity index is 2.18. The third-order valence-corrected chi connectivity index (χ3v) is 2.90. The molecule has 0 radical (unpaired) electrons. The summed E-state index contributed by atoms with van der Waals surface area (Å²) in [4.78, 5) is 15.2. The zero-order valence-corrected chi connectivity index (χ0v) is 9.50. The fourth-order valence-corrected chi connectivity index (χ4v) is 2.03. The minimum absolute atomic E-state index is 0.104. The molecule has 0 N–H and O–H groups in total. The second-order valence-electron chi connectivity index (χ2n) is 3.04. The van der Waals surface area contributed by atoms with Crippen molar-refractivity contribution in [3.8, 4) is 11.8 Å². The summed E-state index contributed by atoms with van der Waals surface area (Å²) < 4.78 is 5.59. The molecule has 4 heteroatoms. The first-order valence-corrected chi connectivity index (χ1v) is 5.52. The summed E-state index contributed by atoms with van der Waals surface area (Å²) in [5, 5.41) is 0.727. The number of carbonyl (C=O) groups excluding carboxylic acids is 1. The minimum Gasteiger partial charge on any atom is -0.468 e. The molecule has 0 bridgehead atoms. The van der Waals surface area contributed by atoms with Gasteiger partial charge in [-0.2, -0.15) is 0 Å².